The van der Waals surface area contributed by atoms with Gasteiger partial charge < -0.3 is 19.3 Å². The van der Waals surface area contributed by atoms with Crippen molar-refractivity contribution in [2.24, 2.45) is 15.5 Å². The summed E-state index contributed by atoms with van der Waals surface area (Å²) in [5.74, 6) is 0.972. The Kier molecular flexibility index (Phi) is 7.83. The molecular formula is C50H34N5OP. The molecule has 0 amide bonds. The first-order valence-corrected chi connectivity index (χ1v) is 19.9. The molecule has 57 heavy (non-hydrogen) atoms. The van der Waals surface area contributed by atoms with Gasteiger partial charge in [0.15, 0.2) is 5.84 Å². The van der Waals surface area contributed by atoms with Crippen molar-refractivity contribution in [3.63, 3.8) is 0 Å². The summed E-state index contributed by atoms with van der Waals surface area (Å²) < 4.78 is 16.3. The molecule has 11 rings (SSSR count). The third-order valence-electron chi connectivity index (χ3n) is 10.8. The van der Waals surface area contributed by atoms with Gasteiger partial charge >= 0.3 is 0 Å². The number of para-hydroxylation sites is 3. The Hall–Kier alpha value is -7.27. The van der Waals surface area contributed by atoms with Crippen molar-refractivity contribution in [3.8, 4) is 11.4 Å². The summed E-state index contributed by atoms with van der Waals surface area (Å²) in [6, 6.07) is 65.5. The predicted molar refractivity (Wildman–Crippen MR) is 240 cm³/mol. The number of nitrogens with two attached hydrogens (primary N) is 1. The SMILES string of the molecule is N/C(=N\C(=N/Pc1ccccc1)c1ccc2c(c1)oc1ccc(-n3c4ccccc4c4cc5c6ccccc6n(-c6ccccc6)c5cc43)cc12)c1ccccc1. The first-order valence-electron chi connectivity index (χ1n) is 19.0. The number of rotatable bonds is 6. The number of hydrogen-bond donors (Lipinski definition) is 1. The van der Waals surface area contributed by atoms with E-state index in [4.69, 9.17) is 19.9 Å². The Morgan fingerprint density at radius 2 is 1.05 bits per heavy atom. The van der Waals surface area contributed by atoms with Crippen molar-refractivity contribution in [2.45, 2.75) is 0 Å². The molecule has 0 spiro atoms. The molecule has 3 aromatic heterocycles. The van der Waals surface area contributed by atoms with Crippen molar-refractivity contribution in [1.82, 2.24) is 9.13 Å². The molecule has 7 heteroatoms. The highest BCUT2D eigenvalue weighted by Gasteiger charge is 2.19. The molecule has 0 saturated heterocycles. The van der Waals surface area contributed by atoms with Gasteiger partial charge in [0.2, 0.25) is 0 Å². The lowest BCUT2D eigenvalue weighted by molar-refractivity contribution is 0.669. The van der Waals surface area contributed by atoms with Gasteiger partial charge in [0, 0.05) is 63.6 Å². The molecule has 0 aliphatic carbocycles. The summed E-state index contributed by atoms with van der Waals surface area (Å²) in [5, 5.41) is 8.08. The maximum atomic E-state index is 6.55. The van der Waals surface area contributed by atoms with Crippen molar-refractivity contribution in [2.75, 3.05) is 0 Å². The molecule has 3 heterocycles. The molecule has 0 saturated carbocycles. The van der Waals surface area contributed by atoms with Crippen LogP contribution < -0.4 is 11.0 Å². The van der Waals surface area contributed by atoms with Gasteiger partial charge in [0.25, 0.3) is 0 Å². The topological polar surface area (TPSA) is 73.7 Å². The number of aliphatic imine (C=N–C) groups is 1. The van der Waals surface area contributed by atoms with Crippen LogP contribution in [0.3, 0.4) is 0 Å². The lowest BCUT2D eigenvalue weighted by Crippen LogP contribution is -2.16. The van der Waals surface area contributed by atoms with Gasteiger partial charge in [-0.25, -0.2) is 9.76 Å². The zero-order valence-corrected chi connectivity index (χ0v) is 31.7. The number of nitrogens with zero attached hydrogens (tertiary/aromatic N) is 4. The summed E-state index contributed by atoms with van der Waals surface area (Å²) in [4.78, 5) is 4.86. The van der Waals surface area contributed by atoms with Crippen LogP contribution in [0, 0.1) is 0 Å². The summed E-state index contributed by atoms with van der Waals surface area (Å²) >= 11 is 0. The Morgan fingerprint density at radius 3 is 1.75 bits per heavy atom. The van der Waals surface area contributed by atoms with E-state index < -0.39 is 0 Å². The van der Waals surface area contributed by atoms with E-state index in [0.29, 0.717) is 11.7 Å². The van der Waals surface area contributed by atoms with Crippen LogP contribution in [-0.2, 0) is 0 Å². The molecular weight excluding hydrogens is 718 g/mol. The summed E-state index contributed by atoms with van der Waals surface area (Å²) in [7, 11) is 0.175. The van der Waals surface area contributed by atoms with Gasteiger partial charge in [-0.2, -0.15) is 0 Å². The number of fused-ring (bicyclic) bond motifs is 9. The highest BCUT2D eigenvalue weighted by Crippen LogP contribution is 2.40. The van der Waals surface area contributed by atoms with E-state index >= 15 is 0 Å². The minimum absolute atomic E-state index is 0.175. The van der Waals surface area contributed by atoms with E-state index in [-0.39, 0.29) is 8.73 Å². The summed E-state index contributed by atoms with van der Waals surface area (Å²) in [5.41, 5.74) is 16.7. The van der Waals surface area contributed by atoms with Crippen LogP contribution in [0.2, 0.25) is 0 Å². The second-order valence-electron chi connectivity index (χ2n) is 14.2. The molecule has 0 aliphatic heterocycles. The average Bonchev–Trinajstić information content (AvgIpc) is 3.91. The lowest BCUT2D eigenvalue weighted by Gasteiger charge is -2.10. The van der Waals surface area contributed by atoms with E-state index in [2.05, 4.69) is 143 Å². The first-order chi connectivity index (χ1) is 28.2. The number of amidine groups is 2. The Morgan fingerprint density at radius 1 is 0.439 bits per heavy atom. The standard InChI is InChI=1S/C50H34N5OP/c51-49(32-14-4-1-5-15-32)52-50(53-57-36-18-8-3-9-19-36)33-24-26-39-42-29-35(25-27-47(42)56-48(39)28-33)55-44-23-13-11-21-38(44)41-30-40-37-20-10-12-22-43(37)54(45(40)31-46(41)55)34-16-6-2-7-17-34/h1-31,57H,(H2,51,52,53). The number of hydrogen-bond acceptors (Lipinski definition) is 2. The van der Waals surface area contributed by atoms with Crippen LogP contribution in [0.25, 0.3) is 76.9 Å². The van der Waals surface area contributed by atoms with Gasteiger partial charge in [0.05, 0.1) is 22.1 Å². The predicted octanol–water partition coefficient (Wildman–Crippen LogP) is 11.9. The lowest BCUT2D eigenvalue weighted by atomic mass is 10.1. The monoisotopic (exact) mass is 751 g/mol. The van der Waals surface area contributed by atoms with Crippen molar-refractivity contribution < 1.29 is 4.42 Å². The van der Waals surface area contributed by atoms with Gasteiger partial charge in [-0.3, -0.25) is 0 Å². The molecule has 0 fully saturated rings. The second kappa shape index (κ2) is 13.5. The van der Waals surface area contributed by atoms with Crippen molar-refractivity contribution in [3.05, 3.63) is 199 Å². The molecule has 6 nitrogen and oxygen atoms in total. The molecule has 8 aromatic carbocycles. The minimum Gasteiger partial charge on any atom is -0.456 e. The molecule has 11 aromatic rings. The first kappa shape index (κ1) is 33.1. The van der Waals surface area contributed by atoms with Crippen LogP contribution in [0.1, 0.15) is 11.1 Å². The maximum Gasteiger partial charge on any atom is 0.160 e. The fraction of sp³-hybridized carbons (Fsp3) is 0. The highest BCUT2D eigenvalue weighted by molar-refractivity contribution is 7.46. The van der Waals surface area contributed by atoms with Crippen LogP contribution in [-0.4, -0.2) is 20.8 Å². The second-order valence-corrected chi connectivity index (χ2v) is 15.2. The Labute approximate surface area is 329 Å². The van der Waals surface area contributed by atoms with E-state index in [1.807, 2.05) is 54.6 Å². The quantitative estimate of drug-likeness (QED) is 0.104. The van der Waals surface area contributed by atoms with Gasteiger partial charge in [-0.1, -0.05) is 121 Å². The Balaban J connectivity index is 1.08. The normalized spacial score (nSPS) is 12.8. The molecule has 1 atom stereocenters. The summed E-state index contributed by atoms with van der Waals surface area (Å²) in [6.07, 6.45) is 0. The van der Waals surface area contributed by atoms with Crippen molar-refractivity contribution in [1.29, 1.82) is 0 Å². The van der Waals surface area contributed by atoms with Crippen LogP contribution in [0.15, 0.2) is 202 Å². The molecule has 1 unspecified atom stereocenters. The van der Waals surface area contributed by atoms with Gasteiger partial charge in [-0.15, -0.1) is 0 Å². The third-order valence-corrected chi connectivity index (χ3v) is 11.7. The molecule has 270 valence electrons. The smallest absolute Gasteiger partial charge is 0.160 e. The largest absolute Gasteiger partial charge is 0.456 e. The third kappa shape index (κ3) is 5.61. The van der Waals surface area contributed by atoms with Crippen LogP contribution in [0.4, 0.5) is 0 Å². The molecule has 0 radical (unpaired) electrons. The van der Waals surface area contributed by atoms with E-state index in [0.717, 1.165) is 60.8 Å². The number of furan rings is 1. The zero-order chi connectivity index (χ0) is 37.9. The van der Waals surface area contributed by atoms with E-state index in [1.54, 1.807) is 0 Å². The fourth-order valence-electron chi connectivity index (χ4n) is 8.18. The van der Waals surface area contributed by atoms with Gasteiger partial charge in [0.1, 0.15) is 17.0 Å². The molecule has 0 aliphatic rings. The Bertz CT molecular complexity index is 3380. The zero-order valence-electron chi connectivity index (χ0n) is 30.7. The average molecular weight is 752 g/mol. The maximum absolute atomic E-state index is 6.55. The van der Waals surface area contributed by atoms with E-state index in [1.165, 1.54) is 32.6 Å². The number of aromatic nitrogens is 2. The minimum atomic E-state index is 0.175. The number of benzene rings is 8. The van der Waals surface area contributed by atoms with E-state index in [9.17, 15) is 0 Å². The fourth-order valence-corrected chi connectivity index (χ4v) is 8.94. The van der Waals surface area contributed by atoms with Crippen LogP contribution in [0.5, 0.6) is 0 Å². The summed E-state index contributed by atoms with van der Waals surface area (Å²) in [6.45, 7) is 0. The van der Waals surface area contributed by atoms with Crippen molar-refractivity contribution >= 4 is 91.3 Å². The highest BCUT2D eigenvalue weighted by atomic mass is 31.1. The van der Waals surface area contributed by atoms with Crippen LogP contribution >= 0.6 is 8.73 Å². The molecule has 0 bridgehead atoms. The molecule has 2 N–H and O–H groups in total. The van der Waals surface area contributed by atoms with Gasteiger partial charge in [-0.05, 0) is 72.0 Å².